The quantitative estimate of drug-likeness (QED) is 0.433. The molecule has 4 nitrogen and oxygen atoms in total. The lowest BCUT2D eigenvalue weighted by atomic mass is 9.46. The molecule has 4 aliphatic carbocycles. The van der Waals surface area contributed by atoms with Gasteiger partial charge in [-0.05, 0) is 91.6 Å². The summed E-state index contributed by atoms with van der Waals surface area (Å²) in [4.78, 5) is 23.4. The van der Waals surface area contributed by atoms with Crippen molar-refractivity contribution < 1.29 is 19.8 Å². The van der Waals surface area contributed by atoms with Gasteiger partial charge in [-0.15, -0.1) is 0 Å². The molecule has 2 N–H and O–H groups in total. The van der Waals surface area contributed by atoms with Gasteiger partial charge in [-0.3, -0.25) is 9.59 Å². The summed E-state index contributed by atoms with van der Waals surface area (Å²) in [7, 11) is 0. The number of carboxylic acids is 1. The Kier molecular flexibility index (Phi) is 5.05. The highest BCUT2D eigenvalue weighted by molar-refractivity contribution is 14.1. The van der Waals surface area contributed by atoms with Crippen molar-refractivity contribution in [2.75, 3.05) is 0 Å². The smallest absolute Gasteiger partial charge is 0.306 e. The molecule has 4 aliphatic rings. The summed E-state index contributed by atoms with van der Waals surface area (Å²) in [6.45, 7) is 6.45. The second kappa shape index (κ2) is 6.79. The van der Waals surface area contributed by atoms with E-state index < -0.39 is 11.6 Å². The lowest BCUT2D eigenvalue weighted by molar-refractivity contribution is -0.150. The zero-order valence-corrected chi connectivity index (χ0v) is 19.4. The Morgan fingerprint density at radius 3 is 2.64 bits per heavy atom. The summed E-state index contributed by atoms with van der Waals surface area (Å²) in [5.74, 6) is 1.20. The van der Waals surface area contributed by atoms with E-state index in [2.05, 4.69) is 36.4 Å². The van der Waals surface area contributed by atoms with E-state index in [0.29, 0.717) is 33.9 Å². The molecule has 3 fully saturated rings. The van der Waals surface area contributed by atoms with Crippen LogP contribution in [0.1, 0.15) is 72.1 Å². The maximum atomic E-state index is 12.1. The zero-order valence-electron chi connectivity index (χ0n) is 17.2. The largest absolute Gasteiger partial charge is 0.481 e. The van der Waals surface area contributed by atoms with Crippen LogP contribution in [0.5, 0.6) is 0 Å². The molecule has 8 atom stereocenters. The van der Waals surface area contributed by atoms with Crippen LogP contribution in [-0.2, 0) is 9.59 Å². The number of carbonyl (C=O) groups excluding carboxylic acids is 1. The molecule has 0 aliphatic heterocycles. The third kappa shape index (κ3) is 3.01. The van der Waals surface area contributed by atoms with Gasteiger partial charge in [-0.2, -0.15) is 0 Å². The van der Waals surface area contributed by atoms with E-state index in [0.717, 1.165) is 38.5 Å². The number of carboxylic acid groups (broad SMARTS) is 1. The highest BCUT2D eigenvalue weighted by atomic mass is 127. The van der Waals surface area contributed by atoms with Gasteiger partial charge < -0.3 is 10.2 Å². The second-order valence-corrected chi connectivity index (χ2v) is 12.2. The Hall–Kier alpha value is -0.430. The molecule has 28 heavy (non-hydrogen) atoms. The zero-order chi connectivity index (χ0) is 20.5. The summed E-state index contributed by atoms with van der Waals surface area (Å²) in [5, 5.41) is 20.4. The van der Waals surface area contributed by atoms with Gasteiger partial charge in [0.05, 0.1) is 12.0 Å². The van der Waals surface area contributed by atoms with Crippen LogP contribution in [-0.4, -0.2) is 31.5 Å². The third-order valence-corrected chi connectivity index (χ3v) is 10.4. The first kappa shape index (κ1) is 20.8. The first-order chi connectivity index (χ1) is 13.0. The average molecular weight is 500 g/mol. The Morgan fingerprint density at radius 1 is 1.25 bits per heavy atom. The Bertz CT molecular complexity index is 728. The fourth-order valence-corrected chi connectivity index (χ4v) is 9.49. The molecule has 3 saturated carbocycles. The molecule has 0 saturated heterocycles. The third-order valence-electron chi connectivity index (χ3n) is 9.20. The second-order valence-electron chi connectivity index (χ2n) is 10.7. The molecule has 0 unspecified atom stereocenters. The Balaban J connectivity index is 1.65. The van der Waals surface area contributed by atoms with Crippen LogP contribution in [0, 0.1) is 34.5 Å². The number of ketones is 1. The lowest BCUT2D eigenvalue weighted by Crippen LogP contribution is -2.55. The van der Waals surface area contributed by atoms with E-state index in [-0.39, 0.29) is 23.2 Å². The lowest BCUT2D eigenvalue weighted by Gasteiger charge is -2.60. The molecular weight excluding hydrogens is 467 g/mol. The van der Waals surface area contributed by atoms with Crippen LogP contribution in [0.3, 0.4) is 0 Å². The predicted octanol–water partition coefficient (Wildman–Crippen LogP) is 4.77. The summed E-state index contributed by atoms with van der Waals surface area (Å²) < 4.78 is 0.411. The fraction of sp³-hybridized carbons (Fsp3) is 0.826. The average Bonchev–Trinajstić information content (AvgIpc) is 2.94. The van der Waals surface area contributed by atoms with Gasteiger partial charge in [-0.1, -0.05) is 36.4 Å². The molecule has 156 valence electrons. The van der Waals surface area contributed by atoms with Crippen LogP contribution in [0.2, 0.25) is 0 Å². The number of allylic oxidation sites excluding steroid dienone is 1. The number of aliphatic carboxylic acids is 1. The highest BCUT2D eigenvalue weighted by Crippen LogP contribution is 2.68. The number of halogens is 1. The van der Waals surface area contributed by atoms with Crippen LogP contribution < -0.4 is 0 Å². The molecule has 0 aromatic heterocycles. The maximum Gasteiger partial charge on any atom is 0.306 e. The monoisotopic (exact) mass is 500 g/mol. The van der Waals surface area contributed by atoms with Gasteiger partial charge in [0.2, 0.25) is 0 Å². The van der Waals surface area contributed by atoms with Crippen LogP contribution in [0.15, 0.2) is 11.6 Å². The van der Waals surface area contributed by atoms with Crippen molar-refractivity contribution in [3.05, 3.63) is 11.6 Å². The molecule has 0 spiro atoms. The SMILES string of the molecule is C[C@]12CC[C@H]3[C@@H](C[C@@H](I)C4=CC(=O)CC[C@@]43C)[C@@H]1CC[C@@H]2[C@@](C)(O)CC(=O)O. The molecular formula is C23H33IO4. The topological polar surface area (TPSA) is 74.6 Å². The van der Waals surface area contributed by atoms with Crippen LogP contribution >= 0.6 is 22.6 Å². The van der Waals surface area contributed by atoms with Crippen LogP contribution in [0.25, 0.3) is 0 Å². The molecule has 0 radical (unpaired) electrons. The number of rotatable bonds is 3. The van der Waals surface area contributed by atoms with Crippen molar-refractivity contribution in [3.8, 4) is 0 Å². The summed E-state index contributed by atoms with van der Waals surface area (Å²) >= 11 is 2.55. The van der Waals surface area contributed by atoms with E-state index in [1.54, 1.807) is 6.92 Å². The van der Waals surface area contributed by atoms with Crippen LogP contribution in [0.4, 0.5) is 0 Å². The van der Waals surface area contributed by atoms with E-state index in [1.807, 2.05) is 6.08 Å². The van der Waals surface area contributed by atoms with E-state index in [4.69, 9.17) is 0 Å². The van der Waals surface area contributed by atoms with Crippen molar-refractivity contribution in [1.82, 2.24) is 0 Å². The minimum Gasteiger partial charge on any atom is -0.481 e. The summed E-state index contributed by atoms with van der Waals surface area (Å²) in [6, 6.07) is 0. The maximum absolute atomic E-state index is 12.1. The van der Waals surface area contributed by atoms with E-state index in [9.17, 15) is 19.8 Å². The van der Waals surface area contributed by atoms with Gasteiger partial charge in [0.15, 0.2) is 5.78 Å². The van der Waals surface area contributed by atoms with Crippen molar-refractivity contribution in [2.24, 2.45) is 34.5 Å². The fourth-order valence-electron chi connectivity index (χ4n) is 8.01. The number of aliphatic hydroxyl groups is 1. The van der Waals surface area contributed by atoms with E-state index in [1.165, 1.54) is 5.57 Å². The van der Waals surface area contributed by atoms with Crippen molar-refractivity contribution in [1.29, 1.82) is 0 Å². The van der Waals surface area contributed by atoms with Gasteiger partial charge in [-0.25, -0.2) is 0 Å². The standard InChI is InChI=1S/C23H33IO4/c1-21-8-6-13(25)10-17(21)18(24)11-14-15-4-5-19(23(3,28)12-20(26)27)22(15,2)9-7-16(14)21/h10,14-16,18-19,28H,4-9,11-12H2,1-3H3,(H,26,27)/t14-,15-,16-,18+,19-,21+,22-,23-/m0/s1. The number of alkyl halides is 1. The van der Waals surface area contributed by atoms with Crippen molar-refractivity contribution >= 4 is 34.3 Å². The molecule has 0 aromatic carbocycles. The Morgan fingerprint density at radius 2 is 1.96 bits per heavy atom. The molecule has 0 aromatic rings. The number of hydrogen-bond acceptors (Lipinski definition) is 3. The van der Waals surface area contributed by atoms with E-state index >= 15 is 0 Å². The van der Waals surface area contributed by atoms with Gasteiger partial charge in [0, 0.05) is 10.3 Å². The molecule has 0 amide bonds. The van der Waals surface area contributed by atoms with Gasteiger partial charge >= 0.3 is 5.97 Å². The minimum absolute atomic E-state index is 0.0124. The first-order valence-electron chi connectivity index (χ1n) is 10.8. The highest BCUT2D eigenvalue weighted by Gasteiger charge is 2.62. The number of fused-ring (bicyclic) bond motifs is 5. The summed E-state index contributed by atoms with van der Waals surface area (Å²) in [6.07, 6.45) is 8.75. The van der Waals surface area contributed by atoms with Crippen molar-refractivity contribution in [3.63, 3.8) is 0 Å². The predicted molar refractivity (Wildman–Crippen MR) is 116 cm³/mol. The number of hydrogen-bond donors (Lipinski definition) is 2. The van der Waals surface area contributed by atoms with Gasteiger partial charge in [0.1, 0.15) is 0 Å². The van der Waals surface area contributed by atoms with Gasteiger partial charge in [0.25, 0.3) is 0 Å². The number of carbonyl (C=O) groups is 2. The molecule has 0 bridgehead atoms. The molecule has 4 rings (SSSR count). The summed E-state index contributed by atoms with van der Waals surface area (Å²) in [5.41, 5.74) is 0.374. The Labute approximate surface area is 181 Å². The normalized spacial score (nSPS) is 47.4. The first-order valence-corrected chi connectivity index (χ1v) is 12.1. The molecule has 0 heterocycles. The molecule has 5 heteroatoms. The van der Waals surface area contributed by atoms with Crippen molar-refractivity contribution in [2.45, 2.75) is 81.7 Å². The minimum atomic E-state index is -1.15.